The molecule has 2 aliphatic carbocycles. The fourth-order valence-corrected chi connectivity index (χ4v) is 5.34. The number of aromatic nitrogens is 4. The normalized spacial score (nSPS) is 28.4. The van der Waals surface area contributed by atoms with Crippen molar-refractivity contribution in [1.82, 2.24) is 29.7 Å². The number of piperidine rings is 1. The second kappa shape index (κ2) is 10.3. The van der Waals surface area contributed by atoms with Gasteiger partial charge in [0, 0.05) is 25.6 Å². The van der Waals surface area contributed by atoms with Gasteiger partial charge in [-0.05, 0) is 57.3 Å². The van der Waals surface area contributed by atoms with Gasteiger partial charge in [0.1, 0.15) is 29.7 Å². The van der Waals surface area contributed by atoms with Crippen molar-refractivity contribution >= 4 is 29.0 Å². The molecule has 4 heterocycles. The van der Waals surface area contributed by atoms with Crippen LogP contribution >= 0.6 is 0 Å². The van der Waals surface area contributed by atoms with Gasteiger partial charge in [-0.1, -0.05) is 0 Å². The number of aliphatic hydroxyl groups excluding tert-OH is 2. The summed E-state index contributed by atoms with van der Waals surface area (Å²) in [5.74, 6) is 0.741. The number of ether oxygens (including phenoxy) is 2. The number of aryl methyl sites for hydroxylation is 1. The maximum absolute atomic E-state index is 12.5. The summed E-state index contributed by atoms with van der Waals surface area (Å²) in [5.41, 5.74) is 6.92. The molecule has 0 aromatic carbocycles. The number of hydrogen-bond acceptors (Lipinski definition) is 10. The summed E-state index contributed by atoms with van der Waals surface area (Å²) < 4.78 is 12.8. The van der Waals surface area contributed by atoms with Crippen molar-refractivity contribution in [2.45, 2.75) is 94.5 Å². The van der Waals surface area contributed by atoms with Crippen LogP contribution in [0.25, 0.3) is 11.2 Å². The first-order valence-electron chi connectivity index (χ1n) is 13.6. The van der Waals surface area contributed by atoms with Crippen molar-refractivity contribution < 1.29 is 29.3 Å². The standard InChI is InChI=1S/C25H35N7O6/c26-21-17-22(32(12-27-17)24-19(34)18(33)20(38-24)23(35)28-14-5-6-14)30-16(29-21)7-4-13-8-10-31(11-9-13)25(36)37-15-2-1-3-15/h12-15,18-20,24,33-34H,1-11H2,(H,28,35)(H2,26,29,30)/t18?,19?,20-,24+/m0/s1. The van der Waals surface area contributed by atoms with Gasteiger partial charge in [-0.2, -0.15) is 0 Å². The zero-order chi connectivity index (χ0) is 26.4. The van der Waals surface area contributed by atoms with Crippen LogP contribution in [0.4, 0.5) is 10.6 Å². The van der Waals surface area contributed by atoms with Crippen molar-refractivity contribution in [3.63, 3.8) is 0 Å². The van der Waals surface area contributed by atoms with Crippen LogP contribution in [0.3, 0.4) is 0 Å². The van der Waals surface area contributed by atoms with E-state index in [4.69, 9.17) is 15.2 Å². The van der Waals surface area contributed by atoms with E-state index in [9.17, 15) is 19.8 Å². The number of nitrogen functional groups attached to an aromatic ring is 1. The van der Waals surface area contributed by atoms with Crippen LogP contribution in [-0.2, 0) is 20.7 Å². The van der Waals surface area contributed by atoms with Crippen molar-refractivity contribution in [2.24, 2.45) is 5.92 Å². The van der Waals surface area contributed by atoms with Crippen LogP contribution in [0.5, 0.6) is 0 Å². The molecule has 13 nitrogen and oxygen atoms in total. The van der Waals surface area contributed by atoms with Crippen molar-refractivity contribution in [2.75, 3.05) is 18.8 Å². The molecule has 0 radical (unpaired) electrons. The molecule has 4 fully saturated rings. The molecule has 2 saturated carbocycles. The Balaban J connectivity index is 1.09. The van der Waals surface area contributed by atoms with E-state index in [-0.39, 0.29) is 24.1 Å². The Kier molecular flexibility index (Phi) is 6.82. The second-order valence-corrected chi connectivity index (χ2v) is 11.0. The summed E-state index contributed by atoms with van der Waals surface area (Å²) in [5, 5.41) is 24.0. The Bertz CT molecular complexity index is 1190. The van der Waals surface area contributed by atoms with Gasteiger partial charge in [-0.15, -0.1) is 0 Å². The largest absolute Gasteiger partial charge is 0.446 e. The maximum Gasteiger partial charge on any atom is 0.410 e. The summed E-state index contributed by atoms with van der Waals surface area (Å²) in [7, 11) is 0. The molecular weight excluding hydrogens is 494 g/mol. The van der Waals surface area contributed by atoms with Gasteiger partial charge >= 0.3 is 6.09 Å². The molecule has 0 spiro atoms. The number of hydrogen-bond donors (Lipinski definition) is 4. The number of carbonyl (C=O) groups excluding carboxylic acids is 2. The molecule has 38 heavy (non-hydrogen) atoms. The molecule has 206 valence electrons. The van der Waals surface area contributed by atoms with Crippen molar-refractivity contribution in [1.29, 1.82) is 0 Å². The predicted octanol–water partition coefficient (Wildman–Crippen LogP) is 0.640. The average Bonchev–Trinajstić information content (AvgIpc) is 3.52. The van der Waals surface area contributed by atoms with E-state index in [0.717, 1.165) is 51.4 Å². The number of nitrogens with one attached hydrogen (secondary N) is 1. The highest BCUT2D eigenvalue weighted by molar-refractivity contribution is 5.83. The fourth-order valence-electron chi connectivity index (χ4n) is 5.34. The van der Waals surface area contributed by atoms with E-state index in [0.29, 0.717) is 42.4 Å². The first-order valence-corrected chi connectivity index (χ1v) is 13.6. The van der Waals surface area contributed by atoms with Gasteiger partial charge in [0.2, 0.25) is 0 Å². The van der Waals surface area contributed by atoms with Gasteiger partial charge in [0.25, 0.3) is 5.91 Å². The molecule has 2 aromatic rings. The molecule has 2 aromatic heterocycles. The zero-order valence-corrected chi connectivity index (χ0v) is 21.2. The third kappa shape index (κ3) is 5.02. The molecule has 6 rings (SSSR count). The summed E-state index contributed by atoms with van der Waals surface area (Å²) in [6, 6.07) is 0.104. The lowest BCUT2D eigenvalue weighted by molar-refractivity contribution is -0.137. The number of rotatable bonds is 7. The monoisotopic (exact) mass is 529 g/mol. The van der Waals surface area contributed by atoms with Gasteiger partial charge in [0.15, 0.2) is 23.8 Å². The lowest BCUT2D eigenvalue weighted by Crippen LogP contribution is -2.43. The van der Waals surface area contributed by atoms with Crippen molar-refractivity contribution in [3.05, 3.63) is 12.2 Å². The van der Waals surface area contributed by atoms with E-state index >= 15 is 0 Å². The quantitative estimate of drug-likeness (QED) is 0.398. The number of fused-ring (bicyclic) bond motifs is 1. The molecule has 0 bridgehead atoms. The number of aliphatic hydroxyl groups is 2. The summed E-state index contributed by atoms with van der Waals surface area (Å²) >= 11 is 0. The van der Waals surface area contributed by atoms with Gasteiger partial charge in [-0.3, -0.25) is 9.36 Å². The first-order chi connectivity index (χ1) is 18.4. The minimum absolute atomic E-state index is 0.0935. The average molecular weight is 530 g/mol. The Morgan fingerprint density at radius 1 is 1.11 bits per heavy atom. The maximum atomic E-state index is 12.5. The molecular formula is C25H35N7O6. The zero-order valence-electron chi connectivity index (χ0n) is 21.2. The third-order valence-corrected chi connectivity index (χ3v) is 8.16. The van der Waals surface area contributed by atoms with E-state index in [1.165, 1.54) is 10.9 Å². The van der Waals surface area contributed by atoms with E-state index in [1.54, 1.807) is 4.90 Å². The summed E-state index contributed by atoms with van der Waals surface area (Å²) in [4.78, 5) is 40.0. The highest BCUT2D eigenvalue weighted by Gasteiger charge is 2.48. The van der Waals surface area contributed by atoms with Gasteiger partial charge < -0.3 is 35.6 Å². The van der Waals surface area contributed by atoms with Crippen LogP contribution in [0.1, 0.15) is 63.4 Å². The van der Waals surface area contributed by atoms with Crippen LogP contribution in [0.2, 0.25) is 0 Å². The minimum atomic E-state index is -1.38. The van der Waals surface area contributed by atoms with E-state index < -0.39 is 30.4 Å². The number of carbonyl (C=O) groups is 2. The lowest BCUT2D eigenvalue weighted by Gasteiger charge is -2.34. The number of imidazole rings is 1. The Labute approximate surface area is 219 Å². The highest BCUT2D eigenvalue weighted by atomic mass is 16.6. The molecule has 13 heteroatoms. The number of nitrogens with two attached hydrogens (primary N) is 1. The minimum Gasteiger partial charge on any atom is -0.446 e. The molecule has 2 unspecified atom stereocenters. The predicted molar refractivity (Wildman–Crippen MR) is 134 cm³/mol. The Hall–Kier alpha value is -3.03. The van der Waals surface area contributed by atoms with Crippen LogP contribution in [0.15, 0.2) is 6.33 Å². The third-order valence-electron chi connectivity index (χ3n) is 8.16. The lowest BCUT2D eigenvalue weighted by atomic mass is 9.92. The molecule has 2 amide bonds. The molecule has 2 saturated heterocycles. The summed E-state index contributed by atoms with van der Waals surface area (Å²) in [6.07, 6.45) is 4.44. The fraction of sp³-hybridized carbons (Fsp3) is 0.720. The van der Waals surface area contributed by atoms with Crippen LogP contribution in [-0.4, -0.2) is 90.2 Å². The number of likely N-dealkylation sites (tertiary alicyclic amines) is 1. The smallest absolute Gasteiger partial charge is 0.410 e. The van der Waals surface area contributed by atoms with Crippen LogP contribution in [0, 0.1) is 5.92 Å². The van der Waals surface area contributed by atoms with Gasteiger partial charge in [-0.25, -0.2) is 19.7 Å². The molecule has 4 aliphatic rings. The first kappa shape index (κ1) is 25.3. The topological polar surface area (TPSA) is 178 Å². The van der Waals surface area contributed by atoms with E-state index in [1.807, 2.05) is 0 Å². The molecule has 2 aliphatic heterocycles. The SMILES string of the molecule is Nc1nc(CCC2CCN(C(=O)OC3CCC3)CC2)nc2c1ncn2[C@@H]1O[C@H](C(=O)NC2CC2)C(O)C1O. The Morgan fingerprint density at radius 2 is 1.87 bits per heavy atom. The van der Waals surface area contributed by atoms with Gasteiger partial charge in [0.05, 0.1) is 6.33 Å². The van der Waals surface area contributed by atoms with Crippen LogP contribution < -0.4 is 11.1 Å². The number of anilines is 1. The summed E-state index contributed by atoms with van der Waals surface area (Å²) in [6.45, 7) is 1.36. The Morgan fingerprint density at radius 3 is 2.55 bits per heavy atom. The van der Waals surface area contributed by atoms with Crippen molar-refractivity contribution in [3.8, 4) is 0 Å². The highest BCUT2D eigenvalue weighted by Crippen LogP contribution is 2.33. The van der Waals surface area contributed by atoms with E-state index in [2.05, 4.69) is 20.3 Å². The second-order valence-electron chi connectivity index (χ2n) is 11.0. The number of nitrogens with zero attached hydrogens (tertiary/aromatic N) is 5. The number of amides is 2. The molecule has 4 atom stereocenters. The molecule has 5 N–H and O–H groups in total.